The number of nitrogens with two attached hydrogens (primary N) is 1. The summed E-state index contributed by atoms with van der Waals surface area (Å²) in [7, 11) is 0. The van der Waals surface area contributed by atoms with Crippen LogP contribution in [0.15, 0.2) is 60.8 Å². The lowest BCUT2D eigenvalue weighted by molar-refractivity contribution is -0.140. The van der Waals surface area contributed by atoms with Gasteiger partial charge in [-0.05, 0) is 42.5 Å². The van der Waals surface area contributed by atoms with Crippen LogP contribution in [-0.4, -0.2) is 28.9 Å². The number of nitrogens with one attached hydrogen (secondary N) is 2. The average molecular weight is 393 g/mol. The number of fused-ring (bicyclic) bond motifs is 1. The Morgan fingerprint density at radius 1 is 1.07 bits per heavy atom. The number of hydrogen-bond acceptors (Lipinski definition) is 4. The number of aromatic nitrogens is 1. The maximum atomic E-state index is 12.7. The van der Waals surface area contributed by atoms with E-state index < -0.39 is 18.1 Å². The predicted octanol–water partition coefficient (Wildman–Crippen LogP) is 3.17. The van der Waals surface area contributed by atoms with E-state index in [1.54, 1.807) is 24.3 Å². The first-order chi connectivity index (χ1) is 13.9. The van der Waals surface area contributed by atoms with Crippen LogP contribution in [-0.2, 0) is 16.0 Å². The van der Waals surface area contributed by atoms with Gasteiger partial charge in [-0.1, -0.05) is 50.2 Å². The average Bonchev–Trinajstić information content (AvgIpc) is 3.10. The Kier molecular flexibility index (Phi) is 6.67. The smallest absolute Gasteiger partial charge is 0.334 e. The summed E-state index contributed by atoms with van der Waals surface area (Å²) in [5, 5.41) is 3.82. The molecule has 0 bridgehead atoms. The van der Waals surface area contributed by atoms with Gasteiger partial charge < -0.3 is 20.8 Å². The lowest BCUT2D eigenvalue weighted by atomic mass is 10.0. The van der Waals surface area contributed by atoms with E-state index in [-0.39, 0.29) is 11.8 Å². The first-order valence-corrected chi connectivity index (χ1v) is 9.81. The van der Waals surface area contributed by atoms with E-state index in [1.165, 1.54) is 0 Å². The molecule has 0 unspecified atom stereocenters. The van der Waals surface area contributed by atoms with Gasteiger partial charge in [0, 0.05) is 17.1 Å². The minimum absolute atomic E-state index is 0.202. The Hall–Kier alpha value is -3.12. The van der Waals surface area contributed by atoms with Crippen LogP contribution in [0.3, 0.4) is 0 Å². The molecule has 2 aromatic carbocycles. The molecule has 1 heterocycles. The Labute approximate surface area is 170 Å². The van der Waals surface area contributed by atoms with Gasteiger partial charge in [0.1, 0.15) is 11.8 Å². The van der Waals surface area contributed by atoms with Gasteiger partial charge in [0.05, 0.1) is 6.04 Å². The fourth-order valence-corrected chi connectivity index (χ4v) is 3.27. The fraction of sp³-hybridized carbons (Fsp3) is 0.304. The van der Waals surface area contributed by atoms with Crippen LogP contribution < -0.4 is 15.8 Å². The summed E-state index contributed by atoms with van der Waals surface area (Å²) in [6, 6.07) is 15.2. The highest BCUT2D eigenvalue weighted by molar-refractivity contribution is 5.89. The maximum absolute atomic E-state index is 12.7. The second-order valence-corrected chi connectivity index (χ2v) is 7.59. The van der Waals surface area contributed by atoms with Crippen LogP contribution in [0, 0.1) is 5.92 Å². The summed E-state index contributed by atoms with van der Waals surface area (Å²) in [6.07, 6.45) is 2.71. The number of para-hydroxylation sites is 2. The Morgan fingerprint density at radius 3 is 2.48 bits per heavy atom. The quantitative estimate of drug-likeness (QED) is 0.404. The first-order valence-electron chi connectivity index (χ1n) is 9.81. The van der Waals surface area contributed by atoms with Crippen molar-refractivity contribution < 1.29 is 14.3 Å². The molecule has 29 heavy (non-hydrogen) atoms. The van der Waals surface area contributed by atoms with Crippen molar-refractivity contribution in [1.29, 1.82) is 0 Å². The highest BCUT2D eigenvalue weighted by Gasteiger charge is 2.26. The third kappa shape index (κ3) is 5.45. The normalized spacial score (nSPS) is 13.2. The zero-order chi connectivity index (χ0) is 20.8. The van der Waals surface area contributed by atoms with Crippen LogP contribution in [0.4, 0.5) is 0 Å². The van der Waals surface area contributed by atoms with E-state index in [1.807, 2.05) is 50.4 Å². The molecule has 0 radical (unpaired) electrons. The zero-order valence-electron chi connectivity index (χ0n) is 16.7. The van der Waals surface area contributed by atoms with Gasteiger partial charge >= 0.3 is 5.97 Å². The summed E-state index contributed by atoms with van der Waals surface area (Å²) in [5.41, 5.74) is 8.12. The molecule has 0 aliphatic heterocycles. The monoisotopic (exact) mass is 393 g/mol. The van der Waals surface area contributed by atoms with Gasteiger partial charge in [-0.15, -0.1) is 0 Å². The van der Waals surface area contributed by atoms with Crippen LogP contribution in [0.2, 0.25) is 0 Å². The van der Waals surface area contributed by atoms with E-state index in [0.717, 1.165) is 16.5 Å². The third-order valence-corrected chi connectivity index (χ3v) is 4.72. The number of H-pyrrole nitrogens is 1. The third-order valence-electron chi connectivity index (χ3n) is 4.72. The van der Waals surface area contributed by atoms with Crippen molar-refractivity contribution in [2.24, 2.45) is 11.7 Å². The van der Waals surface area contributed by atoms with Crippen LogP contribution in [0.25, 0.3) is 10.9 Å². The first kappa shape index (κ1) is 20.6. The molecule has 4 N–H and O–H groups in total. The molecule has 0 saturated carbocycles. The van der Waals surface area contributed by atoms with Gasteiger partial charge in [0.2, 0.25) is 5.91 Å². The van der Waals surface area contributed by atoms with Crippen LogP contribution in [0.5, 0.6) is 5.75 Å². The van der Waals surface area contributed by atoms with Crippen LogP contribution >= 0.6 is 0 Å². The van der Waals surface area contributed by atoms with Crippen molar-refractivity contribution >= 4 is 22.8 Å². The number of esters is 1. The summed E-state index contributed by atoms with van der Waals surface area (Å²) in [5.74, 6) is -0.208. The Bertz CT molecular complexity index is 966. The predicted molar refractivity (Wildman–Crippen MR) is 113 cm³/mol. The molecule has 2 atom stereocenters. The molecule has 0 fully saturated rings. The van der Waals surface area contributed by atoms with Crippen molar-refractivity contribution in [3.63, 3.8) is 0 Å². The van der Waals surface area contributed by atoms with E-state index in [4.69, 9.17) is 10.5 Å². The van der Waals surface area contributed by atoms with E-state index in [9.17, 15) is 9.59 Å². The summed E-state index contributed by atoms with van der Waals surface area (Å²) >= 11 is 0. The van der Waals surface area contributed by atoms with Crippen LogP contribution in [0.1, 0.15) is 25.8 Å². The molecule has 0 aliphatic rings. The molecule has 0 saturated heterocycles. The molecule has 3 rings (SSSR count). The maximum Gasteiger partial charge on any atom is 0.334 e. The standard InChI is InChI=1S/C23H27N3O3/c1-15(2)12-21(23(28)29-17-8-4-3-5-9-17)26-22(27)19(24)13-16-14-25-20-11-7-6-10-18(16)20/h3-11,14-15,19,21,25H,12-13,24H2,1-2H3,(H,26,27)/t19-,21-/m0/s1. The molecule has 3 aromatic rings. The molecule has 1 aromatic heterocycles. The lowest BCUT2D eigenvalue weighted by Gasteiger charge is -2.21. The summed E-state index contributed by atoms with van der Waals surface area (Å²) < 4.78 is 5.42. The molecular weight excluding hydrogens is 366 g/mol. The Morgan fingerprint density at radius 2 is 1.76 bits per heavy atom. The van der Waals surface area contributed by atoms with Crippen molar-refractivity contribution in [1.82, 2.24) is 10.3 Å². The van der Waals surface area contributed by atoms with Gasteiger partial charge in [-0.2, -0.15) is 0 Å². The molecule has 152 valence electrons. The van der Waals surface area contributed by atoms with Crippen molar-refractivity contribution in [3.05, 3.63) is 66.4 Å². The van der Waals surface area contributed by atoms with E-state index >= 15 is 0 Å². The van der Waals surface area contributed by atoms with Gasteiger partial charge in [-0.25, -0.2) is 4.79 Å². The lowest BCUT2D eigenvalue weighted by Crippen LogP contribution is -2.50. The number of benzene rings is 2. The largest absolute Gasteiger partial charge is 0.425 e. The Balaban J connectivity index is 1.66. The molecule has 6 heteroatoms. The van der Waals surface area contributed by atoms with Gasteiger partial charge in [0.25, 0.3) is 0 Å². The van der Waals surface area contributed by atoms with Gasteiger partial charge in [0.15, 0.2) is 0 Å². The molecule has 6 nitrogen and oxygen atoms in total. The highest BCUT2D eigenvalue weighted by atomic mass is 16.5. The second-order valence-electron chi connectivity index (χ2n) is 7.59. The van der Waals surface area contributed by atoms with Crippen molar-refractivity contribution in [2.45, 2.75) is 38.8 Å². The van der Waals surface area contributed by atoms with Crippen molar-refractivity contribution in [3.8, 4) is 5.75 Å². The minimum Gasteiger partial charge on any atom is -0.425 e. The van der Waals surface area contributed by atoms with E-state index in [2.05, 4.69) is 10.3 Å². The zero-order valence-corrected chi connectivity index (χ0v) is 16.7. The minimum atomic E-state index is -0.770. The number of aromatic amines is 1. The fourth-order valence-electron chi connectivity index (χ4n) is 3.27. The number of amides is 1. The summed E-state index contributed by atoms with van der Waals surface area (Å²) in [6.45, 7) is 3.97. The SMILES string of the molecule is CC(C)C[C@H](NC(=O)[C@@H](N)Cc1c[nH]c2ccccc12)C(=O)Oc1ccccc1. The number of ether oxygens (including phenoxy) is 1. The molecule has 0 aliphatic carbocycles. The number of hydrogen-bond donors (Lipinski definition) is 3. The topological polar surface area (TPSA) is 97.2 Å². The molecule has 1 amide bonds. The summed E-state index contributed by atoms with van der Waals surface area (Å²) in [4.78, 5) is 28.5. The number of carbonyl (C=O) groups excluding carboxylic acids is 2. The van der Waals surface area contributed by atoms with Crippen molar-refractivity contribution in [2.75, 3.05) is 0 Å². The van der Waals surface area contributed by atoms with E-state index in [0.29, 0.717) is 18.6 Å². The molecular formula is C23H27N3O3. The number of rotatable bonds is 8. The second kappa shape index (κ2) is 9.39. The highest BCUT2D eigenvalue weighted by Crippen LogP contribution is 2.19. The van der Waals surface area contributed by atoms with Gasteiger partial charge in [-0.3, -0.25) is 4.79 Å². The molecule has 0 spiro atoms. The number of carbonyl (C=O) groups is 2.